The Morgan fingerprint density at radius 2 is 1.82 bits per heavy atom. The number of carbonyl (C=O) groups excluding carboxylic acids is 1. The molecule has 0 spiro atoms. The first-order valence-electron chi connectivity index (χ1n) is 7.78. The lowest BCUT2D eigenvalue weighted by Gasteiger charge is -2.21. The molecule has 1 aliphatic rings. The third kappa shape index (κ3) is 2.89. The summed E-state index contributed by atoms with van der Waals surface area (Å²) < 4.78 is 0. The molecule has 1 aliphatic heterocycles. The quantitative estimate of drug-likeness (QED) is 0.876. The number of benzene rings is 1. The largest absolute Gasteiger partial charge is 0.324 e. The third-order valence-corrected chi connectivity index (χ3v) is 3.93. The molecule has 0 unspecified atom stereocenters. The van der Waals surface area contributed by atoms with Crippen LogP contribution >= 0.6 is 0 Å². The number of hydrogen-bond acceptors (Lipinski definition) is 3. The number of hydrogen-bond donors (Lipinski definition) is 1. The number of fused-ring (bicyclic) bond motifs is 1. The number of anilines is 1. The summed E-state index contributed by atoms with van der Waals surface area (Å²) in [5.41, 5.74) is 1.70. The molecule has 2 heterocycles. The Morgan fingerprint density at radius 1 is 1.14 bits per heavy atom. The summed E-state index contributed by atoms with van der Waals surface area (Å²) >= 11 is 0. The molecule has 3 rings (SSSR count). The zero-order valence-corrected chi connectivity index (χ0v) is 13.4. The summed E-state index contributed by atoms with van der Waals surface area (Å²) in [6, 6.07) is 7.82. The normalized spacial score (nSPS) is 15.3. The predicted molar refractivity (Wildman–Crippen MR) is 88.1 cm³/mol. The number of carbonyl (C=O) groups is 1. The van der Waals surface area contributed by atoms with Crippen molar-refractivity contribution in [1.82, 2.24) is 14.9 Å². The molecule has 0 aliphatic carbocycles. The van der Waals surface area contributed by atoms with E-state index in [4.69, 9.17) is 0 Å². The Labute approximate surface area is 130 Å². The van der Waals surface area contributed by atoms with Crippen LogP contribution in [0.25, 0.3) is 10.9 Å². The van der Waals surface area contributed by atoms with Gasteiger partial charge in [0.25, 0.3) is 0 Å². The fourth-order valence-corrected chi connectivity index (χ4v) is 2.80. The van der Waals surface area contributed by atoms with Crippen molar-refractivity contribution in [3.8, 4) is 0 Å². The molecule has 1 fully saturated rings. The molecule has 0 bridgehead atoms. The van der Waals surface area contributed by atoms with Gasteiger partial charge in [-0.3, -0.25) is 5.32 Å². The molecule has 5 heteroatoms. The smallest absolute Gasteiger partial charge is 0.324 e. The third-order valence-electron chi connectivity index (χ3n) is 3.93. The van der Waals surface area contributed by atoms with E-state index in [1.165, 1.54) is 0 Å². The minimum atomic E-state index is -0.115. The SMILES string of the molecule is CC(C)(C)c1nc(NC(=O)N2CCCC2)nc2ccccc12. The standard InChI is InChI=1S/C17H22N4O/c1-17(2,3)14-12-8-4-5-9-13(12)18-15(19-14)20-16(22)21-10-6-7-11-21/h4-5,8-9H,6-7,10-11H2,1-3H3,(H,18,19,20,22). The number of likely N-dealkylation sites (tertiary alicyclic amines) is 1. The Balaban J connectivity index is 1.98. The van der Waals surface area contributed by atoms with Crippen molar-refractivity contribution >= 4 is 22.9 Å². The van der Waals surface area contributed by atoms with E-state index in [0.29, 0.717) is 5.95 Å². The number of urea groups is 1. The van der Waals surface area contributed by atoms with Gasteiger partial charge in [-0.25, -0.2) is 14.8 Å². The highest BCUT2D eigenvalue weighted by Crippen LogP contribution is 2.28. The minimum absolute atomic E-state index is 0.104. The van der Waals surface area contributed by atoms with Gasteiger partial charge in [-0.05, 0) is 18.9 Å². The van der Waals surface area contributed by atoms with E-state index in [1.807, 2.05) is 29.2 Å². The van der Waals surface area contributed by atoms with Gasteiger partial charge in [-0.2, -0.15) is 0 Å². The highest BCUT2D eigenvalue weighted by Gasteiger charge is 2.23. The molecule has 1 aromatic heterocycles. The molecule has 0 atom stereocenters. The van der Waals surface area contributed by atoms with Crippen molar-refractivity contribution in [2.75, 3.05) is 18.4 Å². The van der Waals surface area contributed by atoms with Gasteiger partial charge in [-0.1, -0.05) is 39.0 Å². The molecule has 1 aromatic carbocycles. The molecular weight excluding hydrogens is 276 g/mol. The van der Waals surface area contributed by atoms with Crippen molar-refractivity contribution in [2.24, 2.45) is 0 Å². The van der Waals surface area contributed by atoms with Gasteiger partial charge in [-0.15, -0.1) is 0 Å². The van der Waals surface area contributed by atoms with Gasteiger partial charge < -0.3 is 4.90 Å². The monoisotopic (exact) mass is 298 g/mol. The number of rotatable bonds is 1. The first-order chi connectivity index (χ1) is 10.4. The number of aromatic nitrogens is 2. The molecule has 5 nitrogen and oxygen atoms in total. The highest BCUT2D eigenvalue weighted by atomic mass is 16.2. The molecular formula is C17H22N4O. The van der Waals surface area contributed by atoms with E-state index in [0.717, 1.165) is 42.5 Å². The summed E-state index contributed by atoms with van der Waals surface area (Å²) in [7, 11) is 0. The summed E-state index contributed by atoms with van der Waals surface area (Å²) in [4.78, 5) is 23.2. The fourth-order valence-electron chi connectivity index (χ4n) is 2.80. The Kier molecular flexibility index (Phi) is 3.72. The van der Waals surface area contributed by atoms with Crippen molar-refractivity contribution < 1.29 is 4.79 Å². The van der Waals surface area contributed by atoms with Crippen LogP contribution in [-0.2, 0) is 5.41 Å². The second kappa shape index (κ2) is 5.55. The van der Waals surface area contributed by atoms with Gasteiger partial charge in [0.2, 0.25) is 5.95 Å². The Bertz CT molecular complexity index is 699. The summed E-state index contributed by atoms with van der Waals surface area (Å²) in [5, 5.41) is 3.89. The molecule has 2 amide bonds. The zero-order chi connectivity index (χ0) is 15.7. The first kappa shape index (κ1) is 14.8. The van der Waals surface area contributed by atoms with Gasteiger partial charge in [0.1, 0.15) is 0 Å². The van der Waals surface area contributed by atoms with Crippen molar-refractivity contribution in [1.29, 1.82) is 0 Å². The van der Waals surface area contributed by atoms with Crippen molar-refractivity contribution in [3.05, 3.63) is 30.0 Å². The average Bonchev–Trinajstić information content (AvgIpc) is 2.99. The van der Waals surface area contributed by atoms with E-state index in [1.54, 1.807) is 0 Å². The number of nitrogens with one attached hydrogen (secondary N) is 1. The molecule has 0 saturated carbocycles. The number of nitrogens with zero attached hydrogens (tertiary/aromatic N) is 3. The van der Waals surface area contributed by atoms with Crippen LogP contribution in [0.2, 0.25) is 0 Å². The van der Waals surface area contributed by atoms with Crippen LogP contribution in [0.4, 0.5) is 10.7 Å². The molecule has 116 valence electrons. The predicted octanol–water partition coefficient (Wildman–Crippen LogP) is 3.56. The number of amides is 2. The molecule has 2 aromatic rings. The average molecular weight is 298 g/mol. The second-order valence-corrected chi connectivity index (χ2v) is 6.79. The maximum absolute atomic E-state index is 12.2. The lowest BCUT2D eigenvalue weighted by Crippen LogP contribution is -2.33. The van der Waals surface area contributed by atoms with Gasteiger partial charge in [0.15, 0.2) is 0 Å². The van der Waals surface area contributed by atoms with Crippen LogP contribution in [0, 0.1) is 0 Å². The topological polar surface area (TPSA) is 58.1 Å². The molecule has 22 heavy (non-hydrogen) atoms. The van der Waals surface area contributed by atoms with E-state index in [2.05, 4.69) is 36.1 Å². The van der Waals surface area contributed by atoms with Crippen LogP contribution in [0.15, 0.2) is 24.3 Å². The lowest BCUT2D eigenvalue weighted by molar-refractivity contribution is 0.222. The van der Waals surface area contributed by atoms with Crippen molar-refractivity contribution in [2.45, 2.75) is 39.0 Å². The van der Waals surface area contributed by atoms with E-state index < -0.39 is 0 Å². The van der Waals surface area contributed by atoms with Crippen LogP contribution in [0.1, 0.15) is 39.3 Å². The van der Waals surface area contributed by atoms with Crippen LogP contribution in [0.3, 0.4) is 0 Å². The molecule has 1 saturated heterocycles. The Morgan fingerprint density at radius 3 is 2.50 bits per heavy atom. The minimum Gasteiger partial charge on any atom is -0.324 e. The van der Waals surface area contributed by atoms with Gasteiger partial charge in [0, 0.05) is 23.9 Å². The number of para-hydroxylation sites is 1. The van der Waals surface area contributed by atoms with Crippen LogP contribution < -0.4 is 5.32 Å². The molecule has 0 radical (unpaired) electrons. The summed E-state index contributed by atoms with van der Waals surface area (Å²) in [6.45, 7) is 7.98. The van der Waals surface area contributed by atoms with Gasteiger partial charge in [0.05, 0.1) is 11.2 Å². The molecule has 1 N–H and O–H groups in total. The van der Waals surface area contributed by atoms with Crippen molar-refractivity contribution in [3.63, 3.8) is 0 Å². The Hall–Kier alpha value is -2.17. The summed E-state index contributed by atoms with van der Waals surface area (Å²) in [5.74, 6) is 0.389. The van der Waals surface area contributed by atoms with E-state index in [-0.39, 0.29) is 11.4 Å². The zero-order valence-electron chi connectivity index (χ0n) is 13.4. The lowest BCUT2D eigenvalue weighted by atomic mass is 9.89. The summed E-state index contributed by atoms with van der Waals surface area (Å²) in [6.07, 6.45) is 2.14. The van der Waals surface area contributed by atoms with E-state index >= 15 is 0 Å². The second-order valence-electron chi connectivity index (χ2n) is 6.79. The van der Waals surface area contributed by atoms with Gasteiger partial charge >= 0.3 is 6.03 Å². The maximum atomic E-state index is 12.2. The first-order valence-corrected chi connectivity index (χ1v) is 7.78. The van der Waals surface area contributed by atoms with Crippen LogP contribution in [-0.4, -0.2) is 34.0 Å². The van der Waals surface area contributed by atoms with E-state index in [9.17, 15) is 4.79 Å². The van der Waals surface area contributed by atoms with Crippen LogP contribution in [0.5, 0.6) is 0 Å². The maximum Gasteiger partial charge on any atom is 0.324 e. The fraction of sp³-hybridized carbons (Fsp3) is 0.471. The highest BCUT2D eigenvalue weighted by molar-refractivity contribution is 5.90.